The van der Waals surface area contributed by atoms with Crippen molar-refractivity contribution in [2.24, 2.45) is 0 Å². The number of rotatable bonds is 4. The fourth-order valence-corrected chi connectivity index (χ4v) is 1.59. The van der Waals surface area contributed by atoms with Crippen LogP contribution in [0.2, 0.25) is 0 Å². The summed E-state index contributed by atoms with van der Waals surface area (Å²) in [7, 11) is 1.50. The second kappa shape index (κ2) is 5.07. The molecule has 0 heterocycles. The number of aryl methyl sites for hydroxylation is 1. The molecule has 0 aliphatic heterocycles. The maximum Gasteiger partial charge on any atom is 0.177 e. The zero-order valence-corrected chi connectivity index (χ0v) is 10.1. The van der Waals surface area contributed by atoms with E-state index in [-0.39, 0.29) is 11.1 Å². The number of aldehydes is 1. The minimum absolute atomic E-state index is 0.102. The van der Waals surface area contributed by atoms with Gasteiger partial charge in [-0.1, -0.05) is 15.9 Å². The van der Waals surface area contributed by atoms with Gasteiger partial charge in [-0.25, -0.2) is 0 Å². The Balaban J connectivity index is 3.34. The van der Waals surface area contributed by atoms with Crippen LogP contribution in [-0.2, 0) is 0 Å². The third-order valence-corrected chi connectivity index (χ3v) is 2.65. The number of benzene rings is 1. The van der Waals surface area contributed by atoms with Gasteiger partial charge in [0, 0.05) is 5.56 Å². The quantitative estimate of drug-likeness (QED) is 0.479. The van der Waals surface area contributed by atoms with Gasteiger partial charge in [-0.15, -0.1) is 0 Å². The van der Waals surface area contributed by atoms with E-state index in [1.165, 1.54) is 7.11 Å². The highest BCUT2D eigenvalue weighted by atomic mass is 79.9. The summed E-state index contributed by atoms with van der Waals surface area (Å²) in [5.74, 6) is 0.400. The summed E-state index contributed by atoms with van der Waals surface area (Å²) < 4.78 is 5.09. The van der Waals surface area contributed by atoms with Crippen molar-refractivity contribution in [2.75, 3.05) is 12.4 Å². The Kier molecular flexibility index (Phi) is 4.03. The Morgan fingerprint density at radius 2 is 2.20 bits per heavy atom. The third kappa shape index (κ3) is 2.45. The molecule has 0 aliphatic carbocycles. The van der Waals surface area contributed by atoms with Gasteiger partial charge >= 0.3 is 0 Å². The molecular weight excluding hydrogens is 260 g/mol. The molecule has 0 aliphatic rings. The second-order valence-corrected chi connectivity index (χ2v) is 3.64. The van der Waals surface area contributed by atoms with Crippen LogP contribution in [0.15, 0.2) is 12.1 Å². The Morgan fingerprint density at radius 3 is 2.67 bits per heavy atom. The van der Waals surface area contributed by atoms with Crippen LogP contribution in [-0.4, -0.2) is 24.5 Å². The lowest BCUT2D eigenvalue weighted by atomic mass is 10.0. The van der Waals surface area contributed by atoms with Crippen LogP contribution < -0.4 is 4.74 Å². The van der Waals surface area contributed by atoms with Crippen molar-refractivity contribution in [3.05, 3.63) is 28.8 Å². The van der Waals surface area contributed by atoms with Gasteiger partial charge < -0.3 is 4.74 Å². The van der Waals surface area contributed by atoms with E-state index in [9.17, 15) is 9.59 Å². The summed E-state index contributed by atoms with van der Waals surface area (Å²) in [4.78, 5) is 22.3. The number of carbonyl (C=O) groups is 2. The molecule has 1 aromatic rings. The number of alkyl halides is 1. The van der Waals surface area contributed by atoms with Crippen LogP contribution in [0.4, 0.5) is 0 Å². The van der Waals surface area contributed by atoms with E-state index >= 15 is 0 Å². The molecule has 0 saturated heterocycles. The molecule has 0 bridgehead atoms. The molecule has 15 heavy (non-hydrogen) atoms. The molecule has 0 atom stereocenters. The largest absolute Gasteiger partial charge is 0.496 e. The van der Waals surface area contributed by atoms with Gasteiger partial charge in [0.15, 0.2) is 5.78 Å². The van der Waals surface area contributed by atoms with Crippen LogP contribution in [0.5, 0.6) is 5.75 Å². The van der Waals surface area contributed by atoms with Gasteiger partial charge in [0.25, 0.3) is 0 Å². The van der Waals surface area contributed by atoms with E-state index in [1.807, 2.05) is 0 Å². The number of methoxy groups -OCH3 is 1. The minimum atomic E-state index is -0.102. The summed E-state index contributed by atoms with van der Waals surface area (Å²) in [6.07, 6.45) is 0.736. The zero-order chi connectivity index (χ0) is 11.4. The lowest BCUT2D eigenvalue weighted by Gasteiger charge is -2.09. The highest BCUT2D eigenvalue weighted by Crippen LogP contribution is 2.23. The van der Waals surface area contributed by atoms with Gasteiger partial charge in [-0.05, 0) is 24.6 Å². The average molecular weight is 271 g/mol. The Morgan fingerprint density at radius 1 is 1.53 bits per heavy atom. The fourth-order valence-electron chi connectivity index (χ4n) is 1.28. The Labute approximate surface area is 96.6 Å². The number of ketones is 1. The van der Waals surface area contributed by atoms with Gasteiger partial charge in [0.1, 0.15) is 12.0 Å². The molecule has 0 fully saturated rings. The molecule has 0 spiro atoms. The molecule has 0 aromatic heterocycles. The molecule has 1 aromatic carbocycles. The predicted octanol–water partition coefficient (Wildman–Crippen LogP) is 2.39. The maximum absolute atomic E-state index is 11.5. The number of carbonyl (C=O) groups excluding carboxylic acids is 2. The standard InChI is InChI=1S/C11H11BrO3/c1-7-3-11(15-2)9(10(14)5-12)4-8(7)6-13/h3-4,6H,5H2,1-2H3. The number of hydrogen-bond donors (Lipinski definition) is 0. The van der Waals surface area contributed by atoms with Gasteiger partial charge in [0.2, 0.25) is 0 Å². The van der Waals surface area contributed by atoms with Crippen LogP contribution in [0.1, 0.15) is 26.3 Å². The molecular formula is C11H11BrO3. The first-order chi connectivity index (χ1) is 7.13. The van der Waals surface area contributed by atoms with Crippen molar-refractivity contribution < 1.29 is 14.3 Å². The van der Waals surface area contributed by atoms with Gasteiger partial charge in [-0.2, -0.15) is 0 Å². The second-order valence-electron chi connectivity index (χ2n) is 3.08. The summed E-state index contributed by atoms with van der Waals surface area (Å²) in [6.45, 7) is 1.80. The molecule has 0 saturated carbocycles. The van der Waals surface area contributed by atoms with Crippen LogP contribution in [0.3, 0.4) is 0 Å². The molecule has 80 valence electrons. The summed E-state index contributed by atoms with van der Waals surface area (Å²) in [6, 6.07) is 3.25. The molecule has 0 amide bonds. The minimum Gasteiger partial charge on any atom is -0.496 e. The van der Waals surface area contributed by atoms with Crippen molar-refractivity contribution >= 4 is 28.0 Å². The van der Waals surface area contributed by atoms with E-state index in [4.69, 9.17) is 4.74 Å². The number of Topliss-reactive ketones (excluding diaryl/α,β-unsaturated/α-hetero) is 1. The average Bonchev–Trinajstić information content (AvgIpc) is 2.27. The smallest absolute Gasteiger partial charge is 0.177 e. The number of ether oxygens (including phenoxy) is 1. The van der Waals surface area contributed by atoms with Gasteiger partial charge in [-0.3, -0.25) is 9.59 Å². The highest BCUT2D eigenvalue weighted by Gasteiger charge is 2.13. The van der Waals surface area contributed by atoms with Gasteiger partial charge in [0.05, 0.1) is 18.0 Å². The molecule has 0 N–H and O–H groups in total. The molecule has 1 rings (SSSR count). The first-order valence-electron chi connectivity index (χ1n) is 4.37. The zero-order valence-electron chi connectivity index (χ0n) is 8.54. The number of halogens is 1. The van der Waals surface area contributed by atoms with Crippen LogP contribution >= 0.6 is 15.9 Å². The molecule has 3 nitrogen and oxygen atoms in total. The van der Waals surface area contributed by atoms with E-state index in [1.54, 1.807) is 19.1 Å². The summed E-state index contributed by atoms with van der Waals surface area (Å²) >= 11 is 3.09. The summed E-state index contributed by atoms with van der Waals surface area (Å²) in [5, 5.41) is 0.213. The lowest BCUT2D eigenvalue weighted by Crippen LogP contribution is -2.05. The Hall–Kier alpha value is -1.16. The van der Waals surface area contributed by atoms with Crippen molar-refractivity contribution in [3.63, 3.8) is 0 Å². The van der Waals surface area contributed by atoms with Crippen molar-refractivity contribution in [1.82, 2.24) is 0 Å². The van der Waals surface area contributed by atoms with E-state index < -0.39 is 0 Å². The fraction of sp³-hybridized carbons (Fsp3) is 0.273. The highest BCUT2D eigenvalue weighted by molar-refractivity contribution is 9.09. The first kappa shape index (κ1) is 11.9. The monoisotopic (exact) mass is 270 g/mol. The normalized spacial score (nSPS) is 9.80. The molecule has 0 radical (unpaired) electrons. The topological polar surface area (TPSA) is 43.4 Å². The Bertz CT molecular complexity index is 399. The van der Waals surface area contributed by atoms with E-state index in [0.29, 0.717) is 16.9 Å². The maximum atomic E-state index is 11.5. The summed E-state index contributed by atoms with van der Waals surface area (Å²) in [5.41, 5.74) is 1.75. The van der Waals surface area contributed by atoms with Crippen molar-refractivity contribution in [1.29, 1.82) is 0 Å². The number of hydrogen-bond acceptors (Lipinski definition) is 3. The first-order valence-corrected chi connectivity index (χ1v) is 5.49. The van der Waals surface area contributed by atoms with E-state index in [2.05, 4.69) is 15.9 Å². The molecule has 4 heteroatoms. The lowest BCUT2D eigenvalue weighted by molar-refractivity contribution is 0.102. The molecule has 0 unspecified atom stereocenters. The van der Waals surface area contributed by atoms with Crippen LogP contribution in [0, 0.1) is 6.92 Å². The predicted molar refractivity (Wildman–Crippen MR) is 61.2 cm³/mol. The SMILES string of the molecule is COc1cc(C)c(C=O)cc1C(=O)CBr. The van der Waals surface area contributed by atoms with Crippen molar-refractivity contribution in [2.45, 2.75) is 6.92 Å². The van der Waals surface area contributed by atoms with E-state index in [0.717, 1.165) is 11.8 Å². The third-order valence-electron chi connectivity index (χ3n) is 2.14. The van der Waals surface area contributed by atoms with Crippen LogP contribution in [0.25, 0.3) is 0 Å². The van der Waals surface area contributed by atoms with Crippen molar-refractivity contribution in [3.8, 4) is 5.75 Å².